The monoisotopic (exact) mass is 479 g/mol. The van der Waals surface area contributed by atoms with Gasteiger partial charge in [0, 0.05) is 36.7 Å². The van der Waals surface area contributed by atoms with Crippen molar-refractivity contribution in [1.82, 2.24) is 15.0 Å². The van der Waals surface area contributed by atoms with E-state index in [1.807, 2.05) is 18.2 Å². The minimum atomic E-state index is -4.44. The Balaban J connectivity index is 1.71. The van der Waals surface area contributed by atoms with Crippen LogP contribution in [0.15, 0.2) is 73.2 Å². The van der Waals surface area contributed by atoms with Crippen LogP contribution in [0.4, 0.5) is 18.9 Å². The zero-order valence-corrected chi connectivity index (χ0v) is 19.2. The van der Waals surface area contributed by atoms with E-state index in [2.05, 4.69) is 33.1 Å². The number of aromatic nitrogens is 3. The van der Waals surface area contributed by atoms with Gasteiger partial charge in [0.1, 0.15) is 5.82 Å². The maximum atomic E-state index is 13.6. The van der Waals surface area contributed by atoms with Crippen LogP contribution < -0.4 is 10.6 Å². The molecular weight excluding hydrogens is 451 g/mol. The fraction of sp³-hybridized carbons (Fsp3) is 0.333. The van der Waals surface area contributed by atoms with Crippen LogP contribution in [0.25, 0.3) is 0 Å². The summed E-state index contributed by atoms with van der Waals surface area (Å²) in [6.45, 7) is -0.0111. The van der Waals surface area contributed by atoms with Gasteiger partial charge in [0.05, 0.1) is 23.3 Å². The van der Waals surface area contributed by atoms with Crippen LogP contribution in [0.1, 0.15) is 59.6 Å². The minimum Gasteiger partial charge on any atom is -0.352 e. The second-order valence-electron chi connectivity index (χ2n) is 9.04. The Labute approximate surface area is 202 Å². The van der Waals surface area contributed by atoms with Crippen molar-refractivity contribution < 1.29 is 13.2 Å². The number of benzene rings is 1. The maximum Gasteiger partial charge on any atom is 0.416 e. The fourth-order valence-corrected chi connectivity index (χ4v) is 5.36. The van der Waals surface area contributed by atoms with Gasteiger partial charge < -0.3 is 15.6 Å². The molecule has 0 bridgehead atoms. The number of halogens is 3. The first-order chi connectivity index (χ1) is 17.0. The predicted octanol–water partition coefficient (Wildman–Crippen LogP) is 6.04. The zero-order valence-electron chi connectivity index (χ0n) is 19.2. The molecule has 1 aromatic carbocycles. The summed E-state index contributed by atoms with van der Waals surface area (Å²) in [5.41, 5.74) is 8.65. The molecule has 5 rings (SSSR count). The van der Waals surface area contributed by atoms with Crippen molar-refractivity contribution in [3.63, 3.8) is 0 Å². The standard InChI is InChI=1S/C27H28F3N5/c28-27(29,30)21-11-12-22(20(16-21)17-31)35(23-10-4-8-18-9-5-13-32-24(18)23)25(26-33-14-15-34-26)19-6-2-1-3-7-19/h1-3,5-6,9,11-16,19,23,25H,4,7-8,10,17,31H2,(H,33,34). The summed E-state index contributed by atoms with van der Waals surface area (Å²) in [5, 5.41) is 0. The van der Waals surface area contributed by atoms with Crippen molar-refractivity contribution in [2.75, 3.05) is 4.90 Å². The summed E-state index contributed by atoms with van der Waals surface area (Å²) < 4.78 is 40.7. The van der Waals surface area contributed by atoms with E-state index in [-0.39, 0.29) is 24.5 Å². The molecule has 0 aliphatic heterocycles. The summed E-state index contributed by atoms with van der Waals surface area (Å²) >= 11 is 0. The van der Waals surface area contributed by atoms with Crippen LogP contribution in [0.5, 0.6) is 0 Å². The third kappa shape index (κ3) is 4.62. The third-order valence-corrected chi connectivity index (χ3v) is 6.92. The highest BCUT2D eigenvalue weighted by Crippen LogP contribution is 2.46. The third-order valence-electron chi connectivity index (χ3n) is 6.92. The molecular formula is C27H28F3N5. The Kier molecular flexibility index (Phi) is 6.47. The number of H-pyrrole nitrogens is 1. The van der Waals surface area contributed by atoms with Gasteiger partial charge in [-0.05, 0) is 61.1 Å². The second-order valence-corrected chi connectivity index (χ2v) is 9.04. The van der Waals surface area contributed by atoms with Crippen molar-refractivity contribution in [2.45, 2.75) is 50.5 Å². The van der Waals surface area contributed by atoms with Gasteiger partial charge >= 0.3 is 6.18 Å². The number of nitrogens with one attached hydrogen (secondary N) is 1. The molecule has 0 radical (unpaired) electrons. The number of nitrogens with two attached hydrogens (primary N) is 1. The van der Waals surface area contributed by atoms with Crippen molar-refractivity contribution in [3.05, 3.63) is 101 Å². The van der Waals surface area contributed by atoms with E-state index in [4.69, 9.17) is 10.7 Å². The lowest BCUT2D eigenvalue weighted by atomic mass is 9.84. The van der Waals surface area contributed by atoms with Gasteiger partial charge in [-0.25, -0.2) is 4.98 Å². The Morgan fingerprint density at radius 3 is 2.74 bits per heavy atom. The number of alkyl halides is 3. The Bertz CT molecular complexity index is 1220. The quantitative estimate of drug-likeness (QED) is 0.452. The number of rotatable bonds is 6. The highest BCUT2D eigenvalue weighted by molar-refractivity contribution is 5.59. The number of fused-ring (bicyclic) bond motifs is 1. The lowest BCUT2D eigenvalue weighted by Gasteiger charge is -2.44. The van der Waals surface area contributed by atoms with Crippen molar-refractivity contribution in [3.8, 4) is 0 Å². The predicted molar refractivity (Wildman–Crippen MR) is 129 cm³/mol. The average Bonchev–Trinajstić information content (AvgIpc) is 3.41. The van der Waals surface area contributed by atoms with Gasteiger partial charge in [0.15, 0.2) is 0 Å². The van der Waals surface area contributed by atoms with E-state index in [0.29, 0.717) is 11.3 Å². The summed E-state index contributed by atoms with van der Waals surface area (Å²) in [6, 6.07) is 7.56. The largest absolute Gasteiger partial charge is 0.416 e. The number of aryl methyl sites for hydroxylation is 1. The lowest BCUT2D eigenvalue weighted by Crippen LogP contribution is -2.40. The van der Waals surface area contributed by atoms with Gasteiger partial charge in [-0.2, -0.15) is 13.2 Å². The molecule has 3 N–H and O–H groups in total. The Morgan fingerprint density at radius 1 is 1.14 bits per heavy atom. The number of nitrogens with zero attached hydrogens (tertiary/aromatic N) is 3. The number of pyridine rings is 1. The molecule has 3 aromatic rings. The first-order valence-electron chi connectivity index (χ1n) is 11.9. The Hall–Kier alpha value is -3.39. The molecule has 3 unspecified atom stereocenters. The molecule has 182 valence electrons. The zero-order chi connectivity index (χ0) is 24.4. The van der Waals surface area contributed by atoms with Crippen LogP contribution in [0.2, 0.25) is 0 Å². The molecule has 35 heavy (non-hydrogen) atoms. The van der Waals surface area contributed by atoms with Gasteiger partial charge in [0.25, 0.3) is 0 Å². The summed E-state index contributed by atoms with van der Waals surface area (Å²) in [4.78, 5) is 14.9. The second kappa shape index (κ2) is 9.70. The first-order valence-corrected chi connectivity index (χ1v) is 11.9. The number of imidazole rings is 1. The number of aromatic amines is 1. The van der Waals surface area contributed by atoms with Gasteiger partial charge in [-0.15, -0.1) is 0 Å². The number of hydrogen-bond acceptors (Lipinski definition) is 4. The van der Waals surface area contributed by atoms with E-state index in [9.17, 15) is 13.2 Å². The van der Waals surface area contributed by atoms with Crippen molar-refractivity contribution >= 4 is 5.69 Å². The van der Waals surface area contributed by atoms with Crippen LogP contribution in [-0.4, -0.2) is 15.0 Å². The van der Waals surface area contributed by atoms with Crippen LogP contribution in [-0.2, 0) is 19.1 Å². The molecule has 3 atom stereocenters. The van der Waals surface area contributed by atoms with Gasteiger partial charge in [0.2, 0.25) is 0 Å². The van der Waals surface area contributed by atoms with E-state index >= 15 is 0 Å². The summed E-state index contributed by atoms with van der Waals surface area (Å²) in [6.07, 6.45) is 12.7. The normalized spacial score (nSPS) is 20.5. The molecule has 5 nitrogen and oxygen atoms in total. The molecule has 0 saturated carbocycles. The van der Waals surface area contributed by atoms with E-state index < -0.39 is 11.7 Å². The molecule has 2 aliphatic carbocycles. The highest BCUT2D eigenvalue weighted by atomic mass is 19.4. The number of allylic oxidation sites excluding steroid dienone is 3. The molecule has 0 saturated heterocycles. The van der Waals surface area contributed by atoms with E-state index in [1.54, 1.807) is 24.7 Å². The smallest absolute Gasteiger partial charge is 0.352 e. The molecule has 2 aliphatic rings. The summed E-state index contributed by atoms with van der Waals surface area (Å²) in [7, 11) is 0. The van der Waals surface area contributed by atoms with E-state index in [0.717, 1.165) is 43.3 Å². The highest BCUT2D eigenvalue weighted by Gasteiger charge is 2.39. The molecule has 2 heterocycles. The summed E-state index contributed by atoms with van der Waals surface area (Å²) in [5.74, 6) is 0.828. The minimum absolute atomic E-state index is 0.0111. The number of anilines is 1. The van der Waals surface area contributed by atoms with Crippen molar-refractivity contribution in [1.29, 1.82) is 0 Å². The lowest BCUT2D eigenvalue weighted by molar-refractivity contribution is -0.137. The molecule has 0 fully saturated rings. The maximum absolute atomic E-state index is 13.6. The van der Waals surface area contributed by atoms with E-state index in [1.165, 1.54) is 11.6 Å². The van der Waals surface area contributed by atoms with Crippen LogP contribution in [0, 0.1) is 5.92 Å². The first kappa shape index (κ1) is 23.4. The molecule has 0 spiro atoms. The molecule has 8 heteroatoms. The van der Waals surface area contributed by atoms with Gasteiger partial charge in [-0.3, -0.25) is 4.98 Å². The SMILES string of the molecule is NCc1cc(C(F)(F)F)ccc1N(C1CCCc2cccnc21)C(c1ncc[nH]1)C1C=CC=CC1. The van der Waals surface area contributed by atoms with Crippen molar-refractivity contribution in [2.24, 2.45) is 11.7 Å². The number of hydrogen-bond donors (Lipinski definition) is 2. The Morgan fingerprint density at radius 2 is 2.03 bits per heavy atom. The molecule has 0 amide bonds. The van der Waals surface area contributed by atoms with Crippen LogP contribution >= 0.6 is 0 Å². The average molecular weight is 480 g/mol. The molecule has 2 aromatic heterocycles. The topological polar surface area (TPSA) is 70.8 Å². The fourth-order valence-electron chi connectivity index (χ4n) is 5.36. The van der Waals surface area contributed by atoms with Crippen LogP contribution in [0.3, 0.4) is 0 Å². The van der Waals surface area contributed by atoms with Gasteiger partial charge in [-0.1, -0.05) is 30.4 Å².